The van der Waals surface area contributed by atoms with Crippen molar-refractivity contribution >= 4 is 28.8 Å². The fraction of sp³-hybridized carbons (Fsp3) is 0.389. The Labute approximate surface area is 150 Å². The summed E-state index contributed by atoms with van der Waals surface area (Å²) in [5, 5.41) is 13.5. The molecule has 0 spiro atoms. The maximum Gasteiger partial charge on any atom is 0.217 e. The zero-order valence-electron chi connectivity index (χ0n) is 13.9. The summed E-state index contributed by atoms with van der Waals surface area (Å²) in [7, 11) is 0. The third-order valence-electron chi connectivity index (χ3n) is 3.92. The van der Waals surface area contributed by atoms with Crippen molar-refractivity contribution in [2.24, 2.45) is 0 Å². The maximum absolute atomic E-state index is 11.1. The van der Waals surface area contributed by atoms with E-state index < -0.39 is 5.60 Å². The highest BCUT2D eigenvalue weighted by molar-refractivity contribution is 7.15. The number of carbonyl (C=O) groups excluding carboxylic acids is 1. The van der Waals surface area contributed by atoms with Crippen LogP contribution in [0.25, 0.3) is 10.4 Å². The summed E-state index contributed by atoms with van der Waals surface area (Å²) in [6, 6.07) is 7.91. The molecule has 0 bridgehead atoms. The standard InChI is InChI=1S/C18H20ClNO3S/c1-10(21)20-9-13-7-12-6-11(8-14(19)17(12)23-13)15-4-5-16(24-15)18(2,3)22/h4-6,8,13,22H,7,9H2,1-3H3,(H,20,21). The normalized spacial score (nSPS) is 16.6. The van der Waals surface area contributed by atoms with Gasteiger partial charge >= 0.3 is 0 Å². The summed E-state index contributed by atoms with van der Waals surface area (Å²) in [6.07, 6.45) is 0.624. The van der Waals surface area contributed by atoms with Gasteiger partial charge in [-0.15, -0.1) is 11.3 Å². The molecule has 24 heavy (non-hydrogen) atoms. The second kappa shape index (κ2) is 6.39. The van der Waals surface area contributed by atoms with E-state index in [0.29, 0.717) is 23.7 Å². The van der Waals surface area contributed by atoms with E-state index in [-0.39, 0.29) is 12.0 Å². The number of aliphatic hydroxyl groups is 1. The summed E-state index contributed by atoms with van der Waals surface area (Å²) < 4.78 is 5.86. The minimum absolute atomic E-state index is 0.0703. The average Bonchev–Trinajstić information content (AvgIpc) is 3.11. The minimum atomic E-state index is -0.851. The molecule has 2 heterocycles. The van der Waals surface area contributed by atoms with Crippen molar-refractivity contribution < 1.29 is 14.6 Å². The minimum Gasteiger partial charge on any atom is -0.486 e. The molecule has 1 aromatic heterocycles. The highest BCUT2D eigenvalue weighted by Gasteiger charge is 2.27. The van der Waals surface area contributed by atoms with E-state index in [1.165, 1.54) is 6.92 Å². The number of thiophene rings is 1. The first kappa shape index (κ1) is 17.3. The van der Waals surface area contributed by atoms with Crippen LogP contribution in [0.2, 0.25) is 5.02 Å². The van der Waals surface area contributed by atoms with E-state index in [9.17, 15) is 9.90 Å². The molecule has 4 nitrogen and oxygen atoms in total. The molecule has 0 radical (unpaired) electrons. The Balaban J connectivity index is 1.84. The van der Waals surface area contributed by atoms with Gasteiger partial charge in [0.1, 0.15) is 11.9 Å². The van der Waals surface area contributed by atoms with Crippen LogP contribution in [0, 0.1) is 0 Å². The Bertz CT molecular complexity index is 779. The quantitative estimate of drug-likeness (QED) is 0.867. The van der Waals surface area contributed by atoms with Gasteiger partial charge in [0.05, 0.1) is 17.2 Å². The fourth-order valence-electron chi connectivity index (χ4n) is 2.72. The Kier molecular flexibility index (Phi) is 4.60. The average molecular weight is 366 g/mol. The predicted molar refractivity (Wildman–Crippen MR) is 96.8 cm³/mol. The van der Waals surface area contributed by atoms with Crippen LogP contribution in [0.3, 0.4) is 0 Å². The zero-order chi connectivity index (χ0) is 17.5. The van der Waals surface area contributed by atoms with Crippen molar-refractivity contribution in [2.45, 2.75) is 38.9 Å². The summed E-state index contributed by atoms with van der Waals surface area (Å²) in [5.41, 5.74) is 1.21. The van der Waals surface area contributed by atoms with Gasteiger partial charge < -0.3 is 15.2 Å². The molecule has 1 aliphatic heterocycles. The van der Waals surface area contributed by atoms with Crippen LogP contribution < -0.4 is 10.1 Å². The molecule has 1 aliphatic rings. The van der Waals surface area contributed by atoms with Crippen LogP contribution in [-0.4, -0.2) is 23.7 Å². The number of hydrogen-bond acceptors (Lipinski definition) is 4. The van der Waals surface area contributed by atoms with E-state index in [2.05, 4.69) is 11.4 Å². The molecule has 128 valence electrons. The summed E-state index contributed by atoms with van der Waals surface area (Å²) in [6.45, 7) is 5.51. The third-order valence-corrected chi connectivity index (χ3v) is 5.65. The number of amides is 1. The lowest BCUT2D eigenvalue weighted by molar-refractivity contribution is -0.119. The van der Waals surface area contributed by atoms with Crippen molar-refractivity contribution in [1.29, 1.82) is 0 Å². The number of nitrogens with one attached hydrogen (secondary N) is 1. The molecule has 2 aromatic rings. The SMILES string of the molecule is CC(=O)NCC1Cc2cc(-c3ccc(C(C)(C)O)s3)cc(Cl)c2O1. The molecular formula is C18H20ClNO3S. The summed E-state index contributed by atoms with van der Waals surface area (Å²) in [4.78, 5) is 13.0. The molecule has 1 atom stereocenters. The van der Waals surface area contributed by atoms with Gasteiger partial charge in [-0.25, -0.2) is 0 Å². The molecule has 0 fully saturated rings. The van der Waals surface area contributed by atoms with Gasteiger partial charge in [-0.05, 0) is 43.7 Å². The Hall–Kier alpha value is -1.56. The second-order valence-corrected chi connectivity index (χ2v) is 8.04. The molecule has 0 saturated heterocycles. The van der Waals surface area contributed by atoms with Gasteiger partial charge in [-0.1, -0.05) is 11.6 Å². The monoisotopic (exact) mass is 365 g/mol. The molecule has 0 aliphatic carbocycles. The highest BCUT2D eigenvalue weighted by Crippen LogP contribution is 2.42. The summed E-state index contributed by atoms with van der Waals surface area (Å²) >= 11 is 7.95. The van der Waals surface area contributed by atoms with Gasteiger partial charge in [0.25, 0.3) is 0 Å². The van der Waals surface area contributed by atoms with Crippen molar-refractivity contribution in [2.75, 3.05) is 6.54 Å². The first-order chi connectivity index (χ1) is 11.2. The van der Waals surface area contributed by atoms with Gasteiger partial charge in [0, 0.05) is 28.7 Å². The largest absolute Gasteiger partial charge is 0.486 e. The van der Waals surface area contributed by atoms with E-state index >= 15 is 0 Å². The van der Waals surface area contributed by atoms with E-state index in [0.717, 1.165) is 20.9 Å². The summed E-state index contributed by atoms with van der Waals surface area (Å²) in [5.74, 6) is 0.633. The van der Waals surface area contributed by atoms with Crippen molar-refractivity contribution in [3.8, 4) is 16.2 Å². The predicted octanol–water partition coefficient (Wildman–Crippen LogP) is 3.74. The number of carbonyl (C=O) groups is 1. The van der Waals surface area contributed by atoms with Crippen LogP contribution in [0.5, 0.6) is 5.75 Å². The topological polar surface area (TPSA) is 58.6 Å². The number of fused-ring (bicyclic) bond motifs is 1. The van der Waals surface area contributed by atoms with Gasteiger partial charge in [-0.2, -0.15) is 0 Å². The van der Waals surface area contributed by atoms with Crippen LogP contribution in [0.1, 0.15) is 31.2 Å². The molecule has 2 N–H and O–H groups in total. The van der Waals surface area contributed by atoms with Crippen molar-refractivity contribution in [3.63, 3.8) is 0 Å². The van der Waals surface area contributed by atoms with E-state index in [1.54, 1.807) is 25.2 Å². The zero-order valence-corrected chi connectivity index (χ0v) is 15.4. The smallest absolute Gasteiger partial charge is 0.217 e. The van der Waals surface area contributed by atoms with E-state index in [4.69, 9.17) is 16.3 Å². The van der Waals surface area contributed by atoms with Crippen LogP contribution in [0.15, 0.2) is 24.3 Å². The fourth-order valence-corrected chi connectivity index (χ4v) is 4.00. The molecule has 0 saturated carbocycles. The number of rotatable bonds is 4. The lowest BCUT2D eigenvalue weighted by Crippen LogP contribution is -2.32. The van der Waals surface area contributed by atoms with Crippen LogP contribution in [-0.2, 0) is 16.8 Å². The number of ether oxygens (including phenoxy) is 1. The first-order valence-corrected chi connectivity index (χ1v) is 9.00. The Morgan fingerprint density at radius 1 is 1.46 bits per heavy atom. The molecule has 6 heteroatoms. The lowest BCUT2D eigenvalue weighted by atomic mass is 10.0. The third kappa shape index (κ3) is 3.58. The van der Waals surface area contributed by atoms with Gasteiger partial charge in [0.15, 0.2) is 0 Å². The molecule has 1 aromatic carbocycles. The van der Waals surface area contributed by atoms with Crippen molar-refractivity contribution in [1.82, 2.24) is 5.32 Å². The van der Waals surface area contributed by atoms with Crippen molar-refractivity contribution in [3.05, 3.63) is 39.7 Å². The molecule has 1 unspecified atom stereocenters. The molecular weight excluding hydrogens is 346 g/mol. The number of hydrogen-bond donors (Lipinski definition) is 2. The van der Waals surface area contributed by atoms with Crippen LogP contribution in [0.4, 0.5) is 0 Å². The Morgan fingerprint density at radius 2 is 2.21 bits per heavy atom. The Morgan fingerprint density at radius 3 is 2.83 bits per heavy atom. The van der Waals surface area contributed by atoms with E-state index in [1.807, 2.05) is 18.2 Å². The maximum atomic E-state index is 11.1. The highest BCUT2D eigenvalue weighted by atomic mass is 35.5. The first-order valence-electron chi connectivity index (χ1n) is 7.80. The number of halogens is 1. The molecule has 3 rings (SSSR count). The lowest BCUT2D eigenvalue weighted by Gasteiger charge is -2.14. The second-order valence-electron chi connectivity index (χ2n) is 6.55. The van der Waals surface area contributed by atoms with Crippen LogP contribution >= 0.6 is 22.9 Å². The van der Waals surface area contributed by atoms with Gasteiger partial charge in [0.2, 0.25) is 5.91 Å². The number of benzene rings is 1. The van der Waals surface area contributed by atoms with Gasteiger partial charge in [-0.3, -0.25) is 4.79 Å². The molecule has 1 amide bonds.